The highest BCUT2D eigenvalue weighted by Gasteiger charge is 2.16. The minimum Gasteiger partial charge on any atom is -0.383 e. The van der Waals surface area contributed by atoms with Crippen molar-refractivity contribution in [2.45, 2.75) is 19.9 Å². The van der Waals surface area contributed by atoms with Crippen LogP contribution in [0, 0.1) is 6.92 Å². The molecule has 2 aromatic heterocycles. The highest BCUT2D eigenvalue weighted by Crippen LogP contribution is 2.36. The molecule has 2 N–H and O–H groups in total. The molecule has 4 rings (SSSR count). The Morgan fingerprint density at radius 3 is 2.75 bits per heavy atom. The molecule has 0 spiro atoms. The highest BCUT2D eigenvalue weighted by molar-refractivity contribution is 6.02. The lowest BCUT2D eigenvalue weighted by atomic mass is 9.96. The molecule has 1 atom stereocenters. The summed E-state index contributed by atoms with van der Waals surface area (Å²) in [6.45, 7) is 4.72. The first-order chi connectivity index (χ1) is 13.6. The minimum atomic E-state index is 0.134. The number of fused-ring (bicyclic) bond motifs is 2. The van der Waals surface area contributed by atoms with Gasteiger partial charge in [0.15, 0.2) is 17.2 Å². The van der Waals surface area contributed by atoms with Gasteiger partial charge in [-0.25, -0.2) is 0 Å². The molecule has 28 heavy (non-hydrogen) atoms. The number of aryl methyl sites for hydroxylation is 1. The molecule has 7 nitrogen and oxygen atoms in total. The second kappa shape index (κ2) is 7.44. The third-order valence-electron chi connectivity index (χ3n) is 4.84. The van der Waals surface area contributed by atoms with Gasteiger partial charge in [0.1, 0.15) is 0 Å². The van der Waals surface area contributed by atoms with Crippen molar-refractivity contribution in [1.82, 2.24) is 15.4 Å². The maximum absolute atomic E-state index is 5.65. The van der Waals surface area contributed by atoms with Crippen LogP contribution < -0.4 is 10.6 Å². The molecule has 4 aromatic rings. The van der Waals surface area contributed by atoms with Crippen LogP contribution in [0.2, 0.25) is 0 Å². The molecule has 0 aliphatic rings. The summed E-state index contributed by atoms with van der Waals surface area (Å²) in [6.07, 6.45) is 1.78. The van der Waals surface area contributed by atoms with Gasteiger partial charge in [0, 0.05) is 36.5 Å². The van der Waals surface area contributed by atoms with E-state index in [9.17, 15) is 0 Å². The Bertz CT molecular complexity index is 1140. The van der Waals surface area contributed by atoms with E-state index in [1.54, 1.807) is 13.3 Å². The van der Waals surface area contributed by atoms with Crippen molar-refractivity contribution in [2.75, 3.05) is 31.4 Å². The Labute approximate surface area is 163 Å². The number of nitrogens with zero attached hydrogens (tertiary/aromatic N) is 3. The van der Waals surface area contributed by atoms with Crippen molar-refractivity contribution in [2.24, 2.45) is 0 Å². The second-order valence-electron chi connectivity index (χ2n) is 6.91. The normalized spacial score (nSPS) is 12.4. The lowest BCUT2D eigenvalue weighted by Gasteiger charge is -2.15. The molecule has 0 saturated carbocycles. The Balaban J connectivity index is 1.82. The summed E-state index contributed by atoms with van der Waals surface area (Å²) >= 11 is 0. The number of ether oxygens (including phenoxy) is 1. The van der Waals surface area contributed by atoms with Gasteiger partial charge in [-0.1, -0.05) is 17.3 Å². The van der Waals surface area contributed by atoms with Crippen LogP contribution in [0.5, 0.6) is 0 Å². The predicted molar refractivity (Wildman–Crippen MR) is 112 cm³/mol. The Kier molecular flexibility index (Phi) is 4.83. The molecule has 0 fully saturated rings. The van der Waals surface area contributed by atoms with Gasteiger partial charge in [0.05, 0.1) is 18.2 Å². The first-order valence-corrected chi connectivity index (χ1v) is 9.20. The summed E-state index contributed by atoms with van der Waals surface area (Å²) in [4.78, 5) is 0. The van der Waals surface area contributed by atoms with Gasteiger partial charge in [-0.15, -0.1) is 5.10 Å². The van der Waals surface area contributed by atoms with Crippen LogP contribution in [0.15, 0.2) is 41.1 Å². The fourth-order valence-electron chi connectivity index (χ4n) is 3.52. The Morgan fingerprint density at radius 2 is 1.96 bits per heavy atom. The number of methoxy groups -OCH3 is 1. The van der Waals surface area contributed by atoms with Crippen molar-refractivity contribution in [3.05, 3.63) is 42.1 Å². The van der Waals surface area contributed by atoms with Crippen LogP contribution in [-0.2, 0) is 4.74 Å². The molecule has 0 saturated heterocycles. The third-order valence-corrected chi connectivity index (χ3v) is 4.84. The van der Waals surface area contributed by atoms with Gasteiger partial charge < -0.3 is 19.9 Å². The van der Waals surface area contributed by atoms with Gasteiger partial charge in [-0.05, 0) is 43.2 Å². The SMILES string of the molecule is CNc1noc2c(-c3ccc4c(N[C@@H](C)COC)nncc4c3)c(C)ccc12. The molecule has 0 aliphatic heterocycles. The zero-order valence-corrected chi connectivity index (χ0v) is 16.4. The van der Waals surface area contributed by atoms with Crippen molar-refractivity contribution >= 4 is 33.4 Å². The number of hydrogen-bond acceptors (Lipinski definition) is 7. The summed E-state index contributed by atoms with van der Waals surface area (Å²) in [7, 11) is 3.52. The summed E-state index contributed by atoms with van der Waals surface area (Å²) in [5.41, 5.74) is 3.99. The average molecular weight is 377 g/mol. The van der Waals surface area contributed by atoms with E-state index in [1.807, 2.05) is 20.0 Å². The van der Waals surface area contributed by atoms with Crippen molar-refractivity contribution in [3.63, 3.8) is 0 Å². The second-order valence-corrected chi connectivity index (χ2v) is 6.91. The van der Waals surface area contributed by atoms with Crippen LogP contribution in [0.25, 0.3) is 32.9 Å². The van der Waals surface area contributed by atoms with Crippen LogP contribution in [0.4, 0.5) is 11.6 Å². The van der Waals surface area contributed by atoms with Crippen LogP contribution in [-0.4, -0.2) is 42.2 Å². The summed E-state index contributed by atoms with van der Waals surface area (Å²) in [5, 5.41) is 22.0. The average Bonchev–Trinajstić information content (AvgIpc) is 3.11. The summed E-state index contributed by atoms with van der Waals surface area (Å²) in [5.74, 6) is 1.49. The molecular weight excluding hydrogens is 354 g/mol. The smallest absolute Gasteiger partial charge is 0.177 e. The third kappa shape index (κ3) is 3.14. The topological polar surface area (TPSA) is 85.1 Å². The first kappa shape index (κ1) is 18.2. The minimum absolute atomic E-state index is 0.134. The van der Waals surface area contributed by atoms with E-state index in [1.165, 1.54) is 0 Å². The lowest BCUT2D eigenvalue weighted by Crippen LogP contribution is -2.21. The Hall–Kier alpha value is -3.19. The van der Waals surface area contributed by atoms with Gasteiger partial charge in [-0.2, -0.15) is 5.10 Å². The van der Waals surface area contributed by atoms with Gasteiger partial charge in [0.2, 0.25) is 0 Å². The summed E-state index contributed by atoms with van der Waals surface area (Å²) in [6, 6.07) is 10.5. The van der Waals surface area contributed by atoms with Crippen molar-refractivity contribution in [3.8, 4) is 11.1 Å². The van der Waals surface area contributed by atoms with Crippen LogP contribution in [0.3, 0.4) is 0 Å². The van der Waals surface area contributed by atoms with E-state index < -0.39 is 0 Å². The molecule has 7 heteroatoms. The van der Waals surface area contributed by atoms with Gasteiger partial charge in [0.25, 0.3) is 0 Å². The van der Waals surface area contributed by atoms with E-state index >= 15 is 0 Å². The van der Waals surface area contributed by atoms with E-state index in [4.69, 9.17) is 9.26 Å². The van der Waals surface area contributed by atoms with Crippen LogP contribution in [0.1, 0.15) is 12.5 Å². The molecule has 2 aromatic carbocycles. The number of hydrogen-bond donors (Lipinski definition) is 2. The van der Waals surface area contributed by atoms with E-state index in [2.05, 4.69) is 57.2 Å². The lowest BCUT2D eigenvalue weighted by molar-refractivity contribution is 0.190. The maximum Gasteiger partial charge on any atom is 0.177 e. The molecule has 0 unspecified atom stereocenters. The molecule has 2 heterocycles. The van der Waals surface area contributed by atoms with Gasteiger partial charge >= 0.3 is 0 Å². The quantitative estimate of drug-likeness (QED) is 0.520. The number of nitrogens with one attached hydrogen (secondary N) is 2. The molecule has 0 bridgehead atoms. The molecule has 0 radical (unpaired) electrons. The number of aromatic nitrogens is 3. The molecular formula is C21H23N5O2. The number of anilines is 2. The number of benzene rings is 2. The highest BCUT2D eigenvalue weighted by atomic mass is 16.5. The van der Waals surface area contributed by atoms with Crippen molar-refractivity contribution < 1.29 is 9.26 Å². The van der Waals surface area contributed by atoms with Crippen molar-refractivity contribution in [1.29, 1.82) is 0 Å². The predicted octanol–water partition coefficient (Wildman–Crippen LogP) is 4.23. The first-order valence-electron chi connectivity index (χ1n) is 9.20. The molecule has 144 valence electrons. The zero-order chi connectivity index (χ0) is 19.7. The maximum atomic E-state index is 5.65. The molecule has 0 aliphatic carbocycles. The molecule has 0 amide bonds. The standard InChI is InChI=1S/C21H23N5O2/c1-12-5-7-17-19(28-26-20(17)22-3)18(12)14-6-8-16-15(9-14)10-23-25-21(16)24-13(2)11-27-4/h5-10,13H,11H2,1-4H3,(H,22,26)(H,24,25)/t13-/m0/s1. The summed E-state index contributed by atoms with van der Waals surface area (Å²) < 4.78 is 10.9. The van der Waals surface area contributed by atoms with E-state index in [0.717, 1.165) is 50.1 Å². The van der Waals surface area contributed by atoms with E-state index in [-0.39, 0.29) is 6.04 Å². The Morgan fingerprint density at radius 1 is 1.14 bits per heavy atom. The number of rotatable bonds is 6. The fourth-order valence-corrected chi connectivity index (χ4v) is 3.52. The van der Waals surface area contributed by atoms with Gasteiger partial charge in [-0.3, -0.25) is 0 Å². The zero-order valence-electron chi connectivity index (χ0n) is 16.4. The fraction of sp³-hybridized carbons (Fsp3) is 0.286. The largest absolute Gasteiger partial charge is 0.383 e. The monoisotopic (exact) mass is 377 g/mol. The van der Waals surface area contributed by atoms with Crippen LogP contribution >= 0.6 is 0 Å². The van der Waals surface area contributed by atoms with E-state index in [0.29, 0.717) is 6.61 Å².